The molecule has 1 amide bonds. The number of amides is 1. The lowest BCUT2D eigenvalue weighted by Gasteiger charge is -2.20. The van der Waals surface area contributed by atoms with E-state index in [0.29, 0.717) is 0 Å². The Bertz CT molecular complexity index is 340. The number of rotatable bonds is 2. The second-order valence-corrected chi connectivity index (χ2v) is 4.03. The predicted molar refractivity (Wildman–Crippen MR) is 73.0 cm³/mol. The van der Waals surface area contributed by atoms with Gasteiger partial charge in [-0.2, -0.15) is 0 Å². The van der Waals surface area contributed by atoms with Crippen LogP contribution >= 0.6 is 24.8 Å². The summed E-state index contributed by atoms with van der Waals surface area (Å²) in [4.78, 5) is 18.0. The first kappa shape index (κ1) is 16.2. The number of hydrogen-bond acceptors (Lipinski definition) is 2. The van der Waals surface area contributed by atoms with Gasteiger partial charge in [0.05, 0.1) is 5.92 Å². The van der Waals surface area contributed by atoms with Gasteiger partial charge in [0.25, 0.3) is 0 Å². The number of hydrogen-bond donors (Lipinski definition) is 0. The minimum atomic E-state index is -0.0360. The van der Waals surface area contributed by atoms with Crippen molar-refractivity contribution in [3.63, 3.8) is 0 Å². The van der Waals surface area contributed by atoms with E-state index < -0.39 is 0 Å². The molecule has 1 saturated heterocycles. The van der Waals surface area contributed by atoms with Crippen molar-refractivity contribution in [3.05, 3.63) is 30.1 Å². The largest absolute Gasteiger partial charge is 0.342 e. The molecule has 0 spiro atoms. The van der Waals surface area contributed by atoms with E-state index in [1.165, 1.54) is 0 Å². The van der Waals surface area contributed by atoms with Crippen molar-refractivity contribution < 1.29 is 4.79 Å². The zero-order valence-electron chi connectivity index (χ0n) is 9.83. The van der Waals surface area contributed by atoms with E-state index in [1.54, 1.807) is 12.4 Å². The average molecular weight is 277 g/mol. The molecule has 1 unspecified atom stereocenters. The van der Waals surface area contributed by atoms with Crippen LogP contribution in [-0.4, -0.2) is 28.9 Å². The normalized spacial score (nSPS) is 15.7. The lowest BCUT2D eigenvalue weighted by Crippen LogP contribution is -2.31. The quantitative estimate of drug-likeness (QED) is 0.832. The molecule has 1 aliphatic rings. The van der Waals surface area contributed by atoms with E-state index >= 15 is 0 Å². The second kappa shape index (κ2) is 7.51. The van der Waals surface area contributed by atoms with Gasteiger partial charge in [0, 0.05) is 25.5 Å². The van der Waals surface area contributed by atoms with Crippen molar-refractivity contribution in [1.82, 2.24) is 9.88 Å². The maximum Gasteiger partial charge on any atom is 0.229 e. The fraction of sp³-hybridized carbons (Fsp3) is 0.500. The maximum atomic E-state index is 12.1. The van der Waals surface area contributed by atoms with Gasteiger partial charge in [0.15, 0.2) is 0 Å². The highest BCUT2D eigenvalue weighted by atomic mass is 35.5. The number of nitrogens with zero attached hydrogens (tertiary/aromatic N) is 2. The number of carbonyl (C=O) groups is 1. The van der Waals surface area contributed by atoms with Gasteiger partial charge in [-0.15, -0.1) is 24.8 Å². The average Bonchev–Trinajstić information content (AvgIpc) is 2.82. The number of carbonyl (C=O) groups excluding carboxylic acids is 1. The topological polar surface area (TPSA) is 33.2 Å². The standard InChI is InChI=1S/C12H16N2O.2ClH/c1-10(11-4-6-13-7-5-11)12(15)14-8-2-3-9-14;;/h4-7,10H,2-3,8-9H2,1H3;2*1H. The highest BCUT2D eigenvalue weighted by molar-refractivity contribution is 5.85. The summed E-state index contributed by atoms with van der Waals surface area (Å²) < 4.78 is 0. The van der Waals surface area contributed by atoms with Gasteiger partial charge in [-0.1, -0.05) is 0 Å². The first-order valence-corrected chi connectivity index (χ1v) is 5.48. The molecule has 0 bridgehead atoms. The van der Waals surface area contributed by atoms with Gasteiger partial charge in [-0.05, 0) is 37.5 Å². The van der Waals surface area contributed by atoms with Gasteiger partial charge in [0.2, 0.25) is 5.91 Å². The lowest BCUT2D eigenvalue weighted by atomic mass is 10.0. The van der Waals surface area contributed by atoms with E-state index in [4.69, 9.17) is 0 Å². The fourth-order valence-corrected chi connectivity index (χ4v) is 2.01. The van der Waals surface area contributed by atoms with Crippen LogP contribution in [0.2, 0.25) is 0 Å². The zero-order valence-corrected chi connectivity index (χ0v) is 11.5. The van der Waals surface area contributed by atoms with E-state index in [0.717, 1.165) is 31.5 Å². The third-order valence-corrected chi connectivity index (χ3v) is 2.99. The molecule has 0 aliphatic carbocycles. The minimum absolute atomic E-state index is 0. The fourth-order valence-electron chi connectivity index (χ4n) is 2.01. The molecule has 96 valence electrons. The summed E-state index contributed by atoms with van der Waals surface area (Å²) in [5.74, 6) is 0.213. The Morgan fingerprint density at radius 1 is 1.24 bits per heavy atom. The minimum Gasteiger partial charge on any atom is -0.342 e. The summed E-state index contributed by atoms with van der Waals surface area (Å²) in [7, 11) is 0. The van der Waals surface area contributed by atoms with Gasteiger partial charge in [-0.3, -0.25) is 9.78 Å². The molecule has 0 radical (unpaired) electrons. The molecule has 1 fully saturated rings. The van der Waals surface area contributed by atoms with Crippen molar-refractivity contribution in [2.45, 2.75) is 25.7 Å². The number of pyridine rings is 1. The molecule has 2 heterocycles. The lowest BCUT2D eigenvalue weighted by molar-refractivity contribution is -0.131. The highest BCUT2D eigenvalue weighted by Crippen LogP contribution is 2.19. The first-order chi connectivity index (χ1) is 7.29. The molecule has 2 rings (SSSR count). The monoisotopic (exact) mass is 276 g/mol. The summed E-state index contributed by atoms with van der Waals surface area (Å²) in [6, 6.07) is 3.83. The summed E-state index contributed by atoms with van der Waals surface area (Å²) >= 11 is 0. The smallest absolute Gasteiger partial charge is 0.229 e. The van der Waals surface area contributed by atoms with Crippen LogP contribution in [0.25, 0.3) is 0 Å². The van der Waals surface area contributed by atoms with Crippen LogP contribution in [-0.2, 0) is 4.79 Å². The maximum absolute atomic E-state index is 12.1. The van der Waals surface area contributed by atoms with Crippen molar-refractivity contribution >= 4 is 30.7 Å². The van der Waals surface area contributed by atoms with E-state index in [-0.39, 0.29) is 36.6 Å². The third-order valence-electron chi connectivity index (χ3n) is 2.99. The van der Waals surface area contributed by atoms with E-state index in [9.17, 15) is 4.79 Å². The molecular weight excluding hydrogens is 259 g/mol. The van der Waals surface area contributed by atoms with Crippen LogP contribution in [0.3, 0.4) is 0 Å². The van der Waals surface area contributed by atoms with Gasteiger partial charge >= 0.3 is 0 Å². The molecule has 17 heavy (non-hydrogen) atoms. The summed E-state index contributed by atoms with van der Waals surface area (Å²) in [6.45, 7) is 3.82. The molecule has 1 atom stereocenters. The molecule has 0 aromatic carbocycles. The van der Waals surface area contributed by atoms with Crippen molar-refractivity contribution in [2.75, 3.05) is 13.1 Å². The highest BCUT2D eigenvalue weighted by Gasteiger charge is 2.23. The Morgan fingerprint density at radius 2 is 1.76 bits per heavy atom. The van der Waals surface area contributed by atoms with Gasteiger partial charge < -0.3 is 4.90 Å². The molecule has 5 heteroatoms. The molecule has 3 nitrogen and oxygen atoms in total. The van der Waals surface area contributed by atoms with Gasteiger partial charge in [0.1, 0.15) is 0 Å². The Balaban J connectivity index is 0.00000128. The Kier molecular flexibility index (Phi) is 7.16. The Labute approximate surface area is 114 Å². The zero-order chi connectivity index (χ0) is 10.7. The van der Waals surface area contributed by atoms with Crippen LogP contribution < -0.4 is 0 Å². The van der Waals surface area contributed by atoms with Crippen molar-refractivity contribution in [2.24, 2.45) is 0 Å². The van der Waals surface area contributed by atoms with Gasteiger partial charge in [-0.25, -0.2) is 0 Å². The van der Waals surface area contributed by atoms with Crippen LogP contribution in [0, 0.1) is 0 Å². The summed E-state index contributed by atoms with van der Waals surface area (Å²) in [5.41, 5.74) is 1.06. The van der Waals surface area contributed by atoms with Crippen LogP contribution in [0.15, 0.2) is 24.5 Å². The first-order valence-electron chi connectivity index (χ1n) is 5.48. The Hall–Kier alpha value is -0.800. The second-order valence-electron chi connectivity index (χ2n) is 4.03. The number of aromatic nitrogens is 1. The molecule has 0 N–H and O–H groups in total. The van der Waals surface area contributed by atoms with Crippen molar-refractivity contribution in [1.29, 1.82) is 0 Å². The van der Waals surface area contributed by atoms with Crippen LogP contribution in [0.1, 0.15) is 31.2 Å². The van der Waals surface area contributed by atoms with Crippen LogP contribution in [0.4, 0.5) is 0 Å². The van der Waals surface area contributed by atoms with E-state index in [2.05, 4.69) is 4.98 Å². The molecule has 1 aliphatic heterocycles. The summed E-state index contributed by atoms with van der Waals surface area (Å²) in [6.07, 6.45) is 5.77. The van der Waals surface area contributed by atoms with Crippen LogP contribution in [0.5, 0.6) is 0 Å². The molecule has 1 aromatic rings. The molecule has 1 aromatic heterocycles. The van der Waals surface area contributed by atoms with E-state index in [1.807, 2.05) is 24.0 Å². The summed E-state index contributed by atoms with van der Waals surface area (Å²) in [5, 5.41) is 0. The SMILES string of the molecule is CC(C(=O)N1CCCC1)c1ccncc1.Cl.Cl. The number of halogens is 2. The number of likely N-dealkylation sites (tertiary alicyclic amines) is 1. The molecule has 0 saturated carbocycles. The molecular formula is C12H18Cl2N2O. The Morgan fingerprint density at radius 3 is 2.29 bits per heavy atom. The van der Waals surface area contributed by atoms with Crippen molar-refractivity contribution in [3.8, 4) is 0 Å². The predicted octanol–water partition coefficient (Wildman–Crippen LogP) is 2.65. The third kappa shape index (κ3) is 3.86.